The van der Waals surface area contributed by atoms with E-state index in [9.17, 15) is 13.9 Å². The number of hydrogen-bond donors (Lipinski definition) is 1. The van der Waals surface area contributed by atoms with Crippen LogP contribution in [0.15, 0.2) is 24.4 Å². The molecule has 2 aliphatic rings. The van der Waals surface area contributed by atoms with Crippen LogP contribution in [0.4, 0.5) is 8.78 Å². The summed E-state index contributed by atoms with van der Waals surface area (Å²) in [4.78, 5) is 10.6. The minimum atomic E-state index is -1.12. The standard InChI is InChI=1S/C21H25F2N3O3/c1-28-19-17(9-24-20(25-19)29-2)21(27)5-3-4-14-11-26(12-18(14)21)10-13-6-15(22)8-16(23)7-13/h6-9,14,18,27H,3-5,10-12H2,1-2H3/t14-,18-,21-/m1/s1. The van der Waals surface area contributed by atoms with Crippen molar-refractivity contribution in [1.29, 1.82) is 0 Å². The van der Waals surface area contributed by atoms with Gasteiger partial charge in [0.1, 0.15) is 17.2 Å². The van der Waals surface area contributed by atoms with Gasteiger partial charge in [0, 0.05) is 37.8 Å². The Bertz CT molecular complexity index is 877. The summed E-state index contributed by atoms with van der Waals surface area (Å²) in [6.07, 6.45) is 4.04. The predicted octanol–water partition coefficient (Wildman–Crippen LogP) is 2.89. The van der Waals surface area contributed by atoms with Crippen LogP contribution in [-0.4, -0.2) is 47.3 Å². The van der Waals surface area contributed by atoms with Gasteiger partial charge in [0.05, 0.1) is 19.8 Å². The quantitative estimate of drug-likeness (QED) is 0.825. The summed E-state index contributed by atoms with van der Waals surface area (Å²) in [6.45, 7) is 1.83. The van der Waals surface area contributed by atoms with E-state index in [1.807, 2.05) is 0 Å². The second kappa shape index (κ2) is 7.84. The zero-order chi connectivity index (χ0) is 20.6. The summed E-state index contributed by atoms with van der Waals surface area (Å²) >= 11 is 0. The van der Waals surface area contributed by atoms with Crippen molar-refractivity contribution in [3.63, 3.8) is 0 Å². The molecule has 4 rings (SSSR count). The van der Waals surface area contributed by atoms with E-state index in [-0.39, 0.29) is 17.8 Å². The second-order valence-corrected chi connectivity index (χ2v) is 7.93. The van der Waals surface area contributed by atoms with Gasteiger partial charge in [-0.3, -0.25) is 4.90 Å². The molecule has 156 valence electrons. The molecular formula is C21H25F2N3O3. The molecule has 1 aliphatic heterocycles. The topological polar surface area (TPSA) is 67.7 Å². The number of methoxy groups -OCH3 is 2. The van der Waals surface area contributed by atoms with E-state index < -0.39 is 17.2 Å². The third kappa shape index (κ3) is 3.79. The maximum atomic E-state index is 13.6. The number of nitrogens with zero attached hydrogens (tertiary/aromatic N) is 3. The van der Waals surface area contributed by atoms with Crippen molar-refractivity contribution in [3.05, 3.63) is 47.2 Å². The highest BCUT2D eigenvalue weighted by Crippen LogP contribution is 2.50. The maximum absolute atomic E-state index is 13.6. The van der Waals surface area contributed by atoms with Crippen LogP contribution in [0.3, 0.4) is 0 Å². The molecule has 1 aliphatic carbocycles. The van der Waals surface area contributed by atoms with Crippen molar-refractivity contribution < 1.29 is 23.4 Å². The number of benzene rings is 1. The molecule has 1 aromatic carbocycles. The number of aromatic nitrogens is 2. The average Bonchev–Trinajstić information content (AvgIpc) is 3.10. The van der Waals surface area contributed by atoms with Crippen LogP contribution in [-0.2, 0) is 12.1 Å². The number of hydrogen-bond acceptors (Lipinski definition) is 6. The van der Waals surface area contributed by atoms with E-state index in [2.05, 4.69) is 14.9 Å². The van der Waals surface area contributed by atoms with E-state index in [4.69, 9.17) is 9.47 Å². The van der Waals surface area contributed by atoms with Crippen LogP contribution in [0.25, 0.3) is 0 Å². The molecule has 1 saturated heterocycles. The van der Waals surface area contributed by atoms with Crippen molar-refractivity contribution in [3.8, 4) is 11.9 Å². The van der Waals surface area contributed by atoms with Crippen LogP contribution in [0.1, 0.15) is 30.4 Å². The minimum absolute atomic E-state index is 0.0412. The first-order valence-corrected chi connectivity index (χ1v) is 9.78. The molecule has 2 heterocycles. The molecule has 1 aromatic heterocycles. The predicted molar refractivity (Wildman–Crippen MR) is 101 cm³/mol. The molecular weight excluding hydrogens is 380 g/mol. The highest BCUT2D eigenvalue weighted by Gasteiger charge is 2.51. The van der Waals surface area contributed by atoms with Gasteiger partial charge in [-0.1, -0.05) is 0 Å². The van der Waals surface area contributed by atoms with Crippen molar-refractivity contribution >= 4 is 0 Å². The second-order valence-electron chi connectivity index (χ2n) is 7.93. The third-order valence-electron chi connectivity index (χ3n) is 6.17. The summed E-state index contributed by atoms with van der Waals surface area (Å²) in [5.41, 5.74) is 0.0341. The fourth-order valence-corrected chi connectivity index (χ4v) is 4.94. The van der Waals surface area contributed by atoms with E-state index in [0.29, 0.717) is 36.5 Å². The van der Waals surface area contributed by atoms with Crippen molar-refractivity contribution in [2.45, 2.75) is 31.4 Å². The molecule has 0 bridgehead atoms. The summed E-state index contributed by atoms with van der Waals surface area (Å²) < 4.78 is 37.6. The van der Waals surface area contributed by atoms with Crippen LogP contribution in [0, 0.1) is 23.5 Å². The van der Waals surface area contributed by atoms with Crippen molar-refractivity contribution in [1.82, 2.24) is 14.9 Å². The molecule has 2 aromatic rings. The Balaban J connectivity index is 1.59. The smallest absolute Gasteiger partial charge is 0.319 e. The highest BCUT2D eigenvalue weighted by atomic mass is 19.1. The first-order chi connectivity index (χ1) is 13.9. The first kappa shape index (κ1) is 20.0. The largest absolute Gasteiger partial charge is 0.481 e. The van der Waals surface area contributed by atoms with Gasteiger partial charge in [0.25, 0.3) is 0 Å². The van der Waals surface area contributed by atoms with Crippen LogP contribution >= 0.6 is 0 Å². The van der Waals surface area contributed by atoms with Gasteiger partial charge in [-0.2, -0.15) is 4.98 Å². The Kier molecular flexibility index (Phi) is 5.40. The van der Waals surface area contributed by atoms with Gasteiger partial charge in [-0.15, -0.1) is 0 Å². The molecule has 0 radical (unpaired) electrons. The molecule has 3 atom stereocenters. The number of halogens is 2. The van der Waals surface area contributed by atoms with Gasteiger partial charge < -0.3 is 14.6 Å². The number of likely N-dealkylation sites (tertiary alicyclic amines) is 1. The highest BCUT2D eigenvalue weighted by molar-refractivity contribution is 5.33. The lowest BCUT2D eigenvalue weighted by Crippen LogP contribution is -2.43. The normalized spacial score (nSPS) is 26.9. The van der Waals surface area contributed by atoms with E-state index in [1.54, 1.807) is 6.20 Å². The molecule has 29 heavy (non-hydrogen) atoms. The monoisotopic (exact) mass is 405 g/mol. The number of ether oxygens (including phenoxy) is 2. The average molecular weight is 405 g/mol. The number of aliphatic hydroxyl groups is 1. The maximum Gasteiger partial charge on any atom is 0.319 e. The summed E-state index contributed by atoms with van der Waals surface area (Å²) in [5, 5.41) is 11.7. The Hall–Kier alpha value is -2.32. The van der Waals surface area contributed by atoms with Gasteiger partial charge >= 0.3 is 6.01 Å². The zero-order valence-corrected chi connectivity index (χ0v) is 16.6. The molecule has 0 amide bonds. The van der Waals surface area contributed by atoms with E-state index in [1.165, 1.54) is 26.4 Å². The minimum Gasteiger partial charge on any atom is -0.481 e. The Morgan fingerprint density at radius 3 is 2.62 bits per heavy atom. The fourth-order valence-electron chi connectivity index (χ4n) is 4.94. The van der Waals surface area contributed by atoms with Gasteiger partial charge in [-0.05, 0) is 42.9 Å². The molecule has 2 fully saturated rings. The molecule has 1 saturated carbocycles. The SMILES string of the molecule is COc1ncc([C@]2(O)CCC[C@@H]3CN(Cc4cc(F)cc(F)c4)C[C@H]32)c(OC)n1. The lowest BCUT2D eigenvalue weighted by Gasteiger charge is -2.41. The summed E-state index contributed by atoms with van der Waals surface area (Å²) in [6, 6.07) is 3.78. The molecule has 0 unspecified atom stereocenters. The van der Waals surface area contributed by atoms with Crippen LogP contribution < -0.4 is 9.47 Å². The van der Waals surface area contributed by atoms with E-state index >= 15 is 0 Å². The molecule has 6 nitrogen and oxygen atoms in total. The fraction of sp³-hybridized carbons (Fsp3) is 0.524. The Labute approximate surface area is 168 Å². The van der Waals surface area contributed by atoms with Gasteiger partial charge in [0.2, 0.25) is 5.88 Å². The Morgan fingerprint density at radius 1 is 1.17 bits per heavy atom. The lowest BCUT2D eigenvalue weighted by molar-refractivity contribution is -0.0669. The van der Waals surface area contributed by atoms with Gasteiger partial charge in [-0.25, -0.2) is 13.8 Å². The first-order valence-electron chi connectivity index (χ1n) is 9.78. The molecule has 0 spiro atoms. The number of rotatable bonds is 5. The van der Waals surface area contributed by atoms with Crippen LogP contribution in [0.5, 0.6) is 11.9 Å². The summed E-state index contributed by atoms with van der Waals surface area (Å²) in [5.74, 6) is -0.605. The van der Waals surface area contributed by atoms with Crippen molar-refractivity contribution in [2.75, 3.05) is 27.3 Å². The number of fused-ring (bicyclic) bond motifs is 1. The molecule has 1 N–H and O–H groups in total. The van der Waals surface area contributed by atoms with Crippen LogP contribution in [0.2, 0.25) is 0 Å². The van der Waals surface area contributed by atoms with Crippen molar-refractivity contribution in [2.24, 2.45) is 11.8 Å². The zero-order valence-electron chi connectivity index (χ0n) is 16.6. The van der Waals surface area contributed by atoms with Gasteiger partial charge in [0.15, 0.2) is 0 Å². The summed E-state index contributed by atoms with van der Waals surface area (Å²) in [7, 11) is 2.98. The third-order valence-corrected chi connectivity index (χ3v) is 6.17. The molecule has 8 heteroatoms. The Morgan fingerprint density at radius 2 is 1.93 bits per heavy atom. The lowest BCUT2D eigenvalue weighted by atomic mass is 9.68. The van der Waals surface area contributed by atoms with E-state index in [0.717, 1.165) is 25.5 Å².